The number of aliphatic carboxylic acids is 1. The van der Waals surface area contributed by atoms with Crippen LogP contribution >= 0.6 is 11.6 Å². The van der Waals surface area contributed by atoms with Gasteiger partial charge in [0.2, 0.25) is 0 Å². The first-order valence-electron chi connectivity index (χ1n) is 5.15. The maximum absolute atomic E-state index is 11.8. The molecule has 0 bridgehead atoms. The topological polar surface area (TPSA) is 63.6 Å². The van der Waals surface area contributed by atoms with Gasteiger partial charge in [0.1, 0.15) is 5.75 Å². The molecule has 1 aliphatic carbocycles. The second-order valence-electron chi connectivity index (χ2n) is 4.01. The summed E-state index contributed by atoms with van der Waals surface area (Å²) in [7, 11) is 1.48. The Morgan fingerprint density at radius 1 is 1.47 bits per heavy atom. The molecule has 5 heteroatoms. The Hall–Kier alpha value is -1.55. The van der Waals surface area contributed by atoms with Crippen LogP contribution in [0.25, 0.3) is 0 Å². The number of benzene rings is 1. The highest BCUT2D eigenvalue weighted by molar-refractivity contribution is 6.32. The Bertz CT molecular complexity index is 496. The maximum Gasteiger partial charge on any atom is 0.307 e. The highest BCUT2D eigenvalue weighted by Crippen LogP contribution is 2.33. The summed E-state index contributed by atoms with van der Waals surface area (Å²) in [6.45, 7) is 0. The average molecular weight is 255 g/mol. The first-order valence-corrected chi connectivity index (χ1v) is 5.53. The van der Waals surface area contributed by atoms with Gasteiger partial charge >= 0.3 is 5.97 Å². The van der Waals surface area contributed by atoms with E-state index in [1.807, 2.05) is 0 Å². The number of Topliss-reactive ketones (excluding diaryl/α,β-unsaturated/α-hetero) is 1. The van der Waals surface area contributed by atoms with E-state index < -0.39 is 11.9 Å². The fourth-order valence-electron chi connectivity index (χ4n) is 2.03. The molecule has 1 aromatic carbocycles. The van der Waals surface area contributed by atoms with E-state index in [4.69, 9.17) is 21.4 Å². The number of rotatable bonds is 2. The van der Waals surface area contributed by atoms with Gasteiger partial charge in [0, 0.05) is 12.0 Å². The molecule has 1 aromatic rings. The second-order valence-corrected chi connectivity index (χ2v) is 4.42. The number of fused-ring (bicyclic) bond motifs is 1. The number of hydrogen-bond donors (Lipinski definition) is 1. The van der Waals surface area contributed by atoms with Crippen molar-refractivity contribution >= 4 is 23.4 Å². The Kier molecular flexibility index (Phi) is 3.07. The maximum atomic E-state index is 11.8. The van der Waals surface area contributed by atoms with E-state index in [-0.39, 0.29) is 12.2 Å². The summed E-state index contributed by atoms with van der Waals surface area (Å²) in [5.74, 6) is -1.31. The molecular weight excluding hydrogens is 244 g/mol. The van der Waals surface area contributed by atoms with E-state index in [2.05, 4.69) is 0 Å². The van der Waals surface area contributed by atoms with Crippen molar-refractivity contribution in [3.05, 3.63) is 28.3 Å². The van der Waals surface area contributed by atoms with Crippen molar-refractivity contribution in [1.82, 2.24) is 0 Å². The number of hydrogen-bond acceptors (Lipinski definition) is 3. The van der Waals surface area contributed by atoms with Crippen LogP contribution in [0.4, 0.5) is 0 Å². The minimum absolute atomic E-state index is 0.0327. The van der Waals surface area contributed by atoms with Crippen LogP contribution in [0.2, 0.25) is 5.02 Å². The lowest BCUT2D eigenvalue weighted by Crippen LogP contribution is -2.26. The van der Waals surface area contributed by atoms with E-state index in [1.165, 1.54) is 7.11 Å². The van der Waals surface area contributed by atoms with Gasteiger partial charge in [-0.1, -0.05) is 11.6 Å². The van der Waals surface area contributed by atoms with Crippen LogP contribution in [-0.2, 0) is 11.2 Å². The summed E-state index contributed by atoms with van der Waals surface area (Å²) in [5.41, 5.74) is 1.20. The molecule has 0 spiro atoms. The Labute approximate surface area is 103 Å². The van der Waals surface area contributed by atoms with E-state index in [9.17, 15) is 9.59 Å². The van der Waals surface area contributed by atoms with E-state index in [1.54, 1.807) is 12.1 Å². The van der Waals surface area contributed by atoms with Crippen LogP contribution in [0.1, 0.15) is 22.3 Å². The van der Waals surface area contributed by atoms with Crippen LogP contribution in [0.5, 0.6) is 5.75 Å². The van der Waals surface area contributed by atoms with Crippen LogP contribution in [-0.4, -0.2) is 24.0 Å². The lowest BCUT2D eigenvalue weighted by molar-refractivity contribution is -0.141. The number of methoxy groups -OCH3 is 1. The highest BCUT2D eigenvalue weighted by atomic mass is 35.5. The van der Waals surface area contributed by atoms with E-state index in [0.717, 1.165) is 0 Å². The van der Waals surface area contributed by atoms with Gasteiger partial charge in [0.15, 0.2) is 5.78 Å². The number of carboxylic acid groups (broad SMARTS) is 1. The third-order valence-electron chi connectivity index (χ3n) is 2.93. The van der Waals surface area contributed by atoms with Gasteiger partial charge in [-0.15, -0.1) is 0 Å². The Morgan fingerprint density at radius 2 is 2.18 bits per heavy atom. The molecule has 17 heavy (non-hydrogen) atoms. The second kappa shape index (κ2) is 4.37. The predicted molar refractivity (Wildman–Crippen MR) is 61.8 cm³/mol. The molecule has 0 heterocycles. The van der Waals surface area contributed by atoms with E-state index in [0.29, 0.717) is 28.3 Å². The van der Waals surface area contributed by atoms with Gasteiger partial charge in [-0.2, -0.15) is 0 Å². The lowest BCUT2D eigenvalue weighted by atomic mass is 9.83. The molecule has 1 N–H and O–H groups in total. The molecule has 0 fully saturated rings. The van der Waals surface area contributed by atoms with Gasteiger partial charge in [-0.3, -0.25) is 9.59 Å². The molecule has 2 rings (SSSR count). The van der Waals surface area contributed by atoms with Gasteiger partial charge < -0.3 is 9.84 Å². The summed E-state index contributed by atoms with van der Waals surface area (Å²) in [6.07, 6.45) is 0.370. The summed E-state index contributed by atoms with van der Waals surface area (Å²) < 4.78 is 5.05. The number of ketones is 1. The Morgan fingerprint density at radius 3 is 2.76 bits per heavy atom. The van der Waals surface area contributed by atoms with Gasteiger partial charge in [0.05, 0.1) is 18.1 Å². The summed E-state index contributed by atoms with van der Waals surface area (Å²) in [4.78, 5) is 22.7. The summed E-state index contributed by atoms with van der Waals surface area (Å²) in [5, 5.41) is 9.32. The van der Waals surface area contributed by atoms with Crippen molar-refractivity contribution in [2.24, 2.45) is 5.92 Å². The average Bonchev–Trinajstić information content (AvgIpc) is 2.29. The number of halogens is 1. The first-order chi connectivity index (χ1) is 8.02. The molecule has 90 valence electrons. The molecule has 0 amide bonds. The molecule has 1 aliphatic rings. The fraction of sp³-hybridized carbons (Fsp3) is 0.333. The zero-order chi connectivity index (χ0) is 12.6. The smallest absolute Gasteiger partial charge is 0.307 e. The molecule has 4 nitrogen and oxygen atoms in total. The molecule has 1 atom stereocenters. The minimum atomic E-state index is -0.946. The third-order valence-corrected chi connectivity index (χ3v) is 3.22. The number of carbonyl (C=O) groups is 2. The molecule has 0 radical (unpaired) electrons. The minimum Gasteiger partial charge on any atom is -0.495 e. The summed E-state index contributed by atoms with van der Waals surface area (Å²) >= 11 is 5.93. The zero-order valence-electron chi connectivity index (χ0n) is 9.20. The largest absolute Gasteiger partial charge is 0.495 e. The van der Waals surface area contributed by atoms with Crippen molar-refractivity contribution in [3.8, 4) is 5.75 Å². The SMILES string of the molecule is COc1cc2c(cc1Cl)C(=O)CC(C(=O)O)C2. The zero-order valence-corrected chi connectivity index (χ0v) is 9.95. The van der Waals surface area contributed by atoms with Crippen LogP contribution in [0.3, 0.4) is 0 Å². The standard InChI is InChI=1S/C12H11ClO4/c1-17-11-4-6-2-7(12(15)16)3-10(14)8(6)5-9(11)13/h4-5,7H,2-3H2,1H3,(H,15,16). The highest BCUT2D eigenvalue weighted by Gasteiger charge is 2.30. The van der Waals surface area contributed by atoms with Crippen molar-refractivity contribution in [3.63, 3.8) is 0 Å². The quantitative estimate of drug-likeness (QED) is 0.879. The van der Waals surface area contributed by atoms with Gasteiger partial charge in [-0.05, 0) is 24.1 Å². The number of carboxylic acids is 1. The first kappa shape index (κ1) is 11.9. The molecule has 0 saturated carbocycles. The molecule has 0 aliphatic heterocycles. The Balaban J connectivity index is 2.46. The molecular formula is C12H11ClO4. The third kappa shape index (κ3) is 2.13. The van der Waals surface area contributed by atoms with Crippen LogP contribution in [0.15, 0.2) is 12.1 Å². The van der Waals surface area contributed by atoms with Crippen molar-refractivity contribution in [2.45, 2.75) is 12.8 Å². The van der Waals surface area contributed by atoms with Crippen LogP contribution in [0, 0.1) is 5.92 Å². The van der Waals surface area contributed by atoms with Gasteiger partial charge in [0.25, 0.3) is 0 Å². The van der Waals surface area contributed by atoms with Crippen molar-refractivity contribution < 1.29 is 19.4 Å². The molecule has 0 aromatic heterocycles. The molecule has 1 unspecified atom stereocenters. The summed E-state index contributed by atoms with van der Waals surface area (Å²) in [6, 6.07) is 3.20. The number of ether oxygens (including phenoxy) is 1. The fourth-order valence-corrected chi connectivity index (χ4v) is 2.27. The van der Waals surface area contributed by atoms with Gasteiger partial charge in [-0.25, -0.2) is 0 Å². The lowest BCUT2D eigenvalue weighted by Gasteiger charge is -2.21. The van der Waals surface area contributed by atoms with Crippen molar-refractivity contribution in [1.29, 1.82) is 0 Å². The van der Waals surface area contributed by atoms with E-state index >= 15 is 0 Å². The monoisotopic (exact) mass is 254 g/mol. The number of carbonyl (C=O) groups excluding carboxylic acids is 1. The normalized spacial score (nSPS) is 18.7. The predicted octanol–water partition coefficient (Wildman–Crippen LogP) is 2.18. The van der Waals surface area contributed by atoms with Crippen molar-refractivity contribution in [2.75, 3.05) is 7.11 Å². The molecule has 0 saturated heterocycles. The van der Waals surface area contributed by atoms with Crippen LogP contribution < -0.4 is 4.74 Å².